The first-order valence-corrected chi connectivity index (χ1v) is 5.89. The molecule has 0 saturated heterocycles. The molecule has 1 rings (SSSR count). The van der Waals surface area contributed by atoms with Gasteiger partial charge < -0.3 is 9.64 Å². The summed E-state index contributed by atoms with van der Waals surface area (Å²) >= 11 is 0. The Kier molecular flexibility index (Phi) is 4.55. The van der Waals surface area contributed by atoms with Crippen LogP contribution in [0, 0.1) is 5.41 Å². The number of ether oxygens (including phenoxy) is 1. The number of para-hydroxylation sites is 1. The third-order valence-corrected chi connectivity index (χ3v) is 2.83. The van der Waals surface area contributed by atoms with E-state index in [1.807, 2.05) is 32.0 Å². The van der Waals surface area contributed by atoms with Crippen molar-refractivity contribution in [2.24, 2.45) is 5.41 Å². The molecule has 3 heteroatoms. The average molecular weight is 235 g/mol. The van der Waals surface area contributed by atoms with Crippen molar-refractivity contribution in [2.75, 3.05) is 25.1 Å². The zero-order valence-electron chi connectivity index (χ0n) is 11.1. The molecule has 17 heavy (non-hydrogen) atoms. The maximum atomic E-state index is 11.7. The van der Waals surface area contributed by atoms with Crippen LogP contribution in [0.2, 0.25) is 0 Å². The molecule has 0 saturated carbocycles. The smallest absolute Gasteiger partial charge is 0.313 e. The summed E-state index contributed by atoms with van der Waals surface area (Å²) < 4.78 is 4.83. The molecule has 0 aliphatic heterocycles. The van der Waals surface area contributed by atoms with E-state index in [9.17, 15) is 4.79 Å². The molecule has 0 N–H and O–H groups in total. The lowest BCUT2D eigenvalue weighted by molar-refractivity contribution is -0.150. The maximum Gasteiger partial charge on any atom is 0.313 e. The predicted octanol–water partition coefficient (Wildman–Crippen LogP) is 2.71. The van der Waals surface area contributed by atoms with E-state index in [1.165, 1.54) is 7.11 Å². The van der Waals surface area contributed by atoms with Gasteiger partial charge in [0.1, 0.15) is 0 Å². The summed E-state index contributed by atoms with van der Waals surface area (Å²) in [6.45, 7) is 7.42. The van der Waals surface area contributed by atoms with Crippen molar-refractivity contribution in [1.29, 1.82) is 0 Å². The predicted molar refractivity (Wildman–Crippen MR) is 70.1 cm³/mol. The molecule has 0 heterocycles. The van der Waals surface area contributed by atoms with E-state index in [2.05, 4.69) is 24.0 Å². The summed E-state index contributed by atoms with van der Waals surface area (Å²) in [7, 11) is 1.43. The van der Waals surface area contributed by atoms with Crippen LogP contribution in [0.1, 0.15) is 20.8 Å². The Bertz CT molecular complexity index is 360. The van der Waals surface area contributed by atoms with Gasteiger partial charge in [0.25, 0.3) is 0 Å². The van der Waals surface area contributed by atoms with Crippen molar-refractivity contribution in [2.45, 2.75) is 20.8 Å². The van der Waals surface area contributed by atoms with Gasteiger partial charge in [-0.1, -0.05) is 18.2 Å². The molecule has 94 valence electrons. The number of carbonyl (C=O) groups excluding carboxylic acids is 1. The first kappa shape index (κ1) is 13.6. The zero-order valence-corrected chi connectivity index (χ0v) is 11.1. The number of hydrogen-bond acceptors (Lipinski definition) is 3. The lowest BCUT2D eigenvalue weighted by Crippen LogP contribution is -2.40. The van der Waals surface area contributed by atoms with E-state index in [0.29, 0.717) is 6.54 Å². The number of methoxy groups -OCH3 is 1. The summed E-state index contributed by atoms with van der Waals surface area (Å²) in [6, 6.07) is 10.1. The number of nitrogens with zero attached hydrogens (tertiary/aromatic N) is 1. The topological polar surface area (TPSA) is 29.5 Å². The summed E-state index contributed by atoms with van der Waals surface area (Å²) in [5, 5.41) is 0. The van der Waals surface area contributed by atoms with Gasteiger partial charge in [0, 0.05) is 18.8 Å². The molecule has 0 amide bonds. The van der Waals surface area contributed by atoms with Gasteiger partial charge in [-0.3, -0.25) is 4.79 Å². The fraction of sp³-hybridized carbons (Fsp3) is 0.500. The Morgan fingerprint density at radius 2 is 1.88 bits per heavy atom. The molecule has 0 unspecified atom stereocenters. The molecule has 0 radical (unpaired) electrons. The highest BCUT2D eigenvalue weighted by Gasteiger charge is 2.30. The number of esters is 1. The molecule has 0 bridgehead atoms. The van der Waals surface area contributed by atoms with Gasteiger partial charge in [0.15, 0.2) is 0 Å². The molecular weight excluding hydrogens is 214 g/mol. The van der Waals surface area contributed by atoms with Gasteiger partial charge in [-0.2, -0.15) is 0 Å². The van der Waals surface area contributed by atoms with Crippen molar-refractivity contribution in [3.8, 4) is 0 Å². The molecule has 0 aliphatic rings. The van der Waals surface area contributed by atoms with E-state index in [0.717, 1.165) is 12.2 Å². The summed E-state index contributed by atoms with van der Waals surface area (Å²) in [4.78, 5) is 13.8. The SMILES string of the molecule is CCN(CC(C)(C)C(=O)OC)c1ccccc1. The molecule has 0 fully saturated rings. The summed E-state index contributed by atoms with van der Waals surface area (Å²) in [5.41, 5.74) is 0.632. The van der Waals surface area contributed by atoms with Crippen molar-refractivity contribution in [1.82, 2.24) is 0 Å². The molecule has 0 spiro atoms. The highest BCUT2D eigenvalue weighted by atomic mass is 16.5. The van der Waals surface area contributed by atoms with E-state index in [4.69, 9.17) is 4.74 Å². The Morgan fingerprint density at radius 3 is 2.35 bits per heavy atom. The molecule has 0 aliphatic carbocycles. The summed E-state index contributed by atoms with van der Waals surface area (Å²) in [6.07, 6.45) is 0. The van der Waals surface area contributed by atoms with Crippen LogP contribution in [0.3, 0.4) is 0 Å². The van der Waals surface area contributed by atoms with Gasteiger partial charge in [0.05, 0.1) is 12.5 Å². The quantitative estimate of drug-likeness (QED) is 0.735. The number of benzene rings is 1. The van der Waals surface area contributed by atoms with Gasteiger partial charge >= 0.3 is 5.97 Å². The second-order valence-corrected chi connectivity index (χ2v) is 4.73. The van der Waals surface area contributed by atoms with Crippen LogP contribution >= 0.6 is 0 Å². The highest BCUT2D eigenvalue weighted by molar-refractivity contribution is 5.76. The Labute approximate surface area is 103 Å². The number of rotatable bonds is 5. The maximum absolute atomic E-state index is 11.7. The van der Waals surface area contributed by atoms with Crippen molar-refractivity contribution < 1.29 is 9.53 Å². The minimum atomic E-state index is -0.499. The third kappa shape index (κ3) is 3.48. The lowest BCUT2D eigenvalue weighted by atomic mass is 9.92. The van der Waals surface area contributed by atoms with E-state index in [1.54, 1.807) is 0 Å². The standard InChI is InChI=1S/C14H21NO2/c1-5-15(12-9-7-6-8-10-12)11-14(2,3)13(16)17-4/h6-10H,5,11H2,1-4H3. The molecule has 0 atom stereocenters. The third-order valence-electron chi connectivity index (χ3n) is 2.83. The number of hydrogen-bond donors (Lipinski definition) is 0. The first-order valence-electron chi connectivity index (χ1n) is 5.89. The second-order valence-electron chi connectivity index (χ2n) is 4.73. The zero-order chi connectivity index (χ0) is 12.9. The minimum absolute atomic E-state index is 0.174. The van der Waals surface area contributed by atoms with Gasteiger partial charge in [-0.05, 0) is 32.9 Å². The lowest BCUT2D eigenvalue weighted by Gasteiger charge is -2.31. The largest absolute Gasteiger partial charge is 0.469 e. The van der Waals surface area contributed by atoms with Crippen LogP contribution in [0.15, 0.2) is 30.3 Å². The molecular formula is C14H21NO2. The second kappa shape index (κ2) is 5.71. The first-order chi connectivity index (χ1) is 8.01. The van der Waals surface area contributed by atoms with E-state index < -0.39 is 5.41 Å². The Hall–Kier alpha value is -1.51. The number of anilines is 1. The molecule has 1 aromatic rings. The van der Waals surface area contributed by atoms with Crippen LogP contribution in [-0.4, -0.2) is 26.2 Å². The average Bonchev–Trinajstić information content (AvgIpc) is 2.36. The van der Waals surface area contributed by atoms with Crippen LogP contribution in [0.25, 0.3) is 0 Å². The van der Waals surface area contributed by atoms with E-state index >= 15 is 0 Å². The normalized spacial score (nSPS) is 11.1. The van der Waals surface area contributed by atoms with Crippen molar-refractivity contribution >= 4 is 11.7 Å². The van der Waals surface area contributed by atoms with Gasteiger partial charge in [-0.15, -0.1) is 0 Å². The fourth-order valence-corrected chi connectivity index (χ4v) is 1.84. The summed E-state index contributed by atoms with van der Waals surface area (Å²) in [5.74, 6) is -0.174. The van der Waals surface area contributed by atoms with Gasteiger partial charge in [-0.25, -0.2) is 0 Å². The van der Waals surface area contributed by atoms with Crippen molar-refractivity contribution in [3.63, 3.8) is 0 Å². The van der Waals surface area contributed by atoms with Crippen LogP contribution in [0.5, 0.6) is 0 Å². The highest BCUT2D eigenvalue weighted by Crippen LogP contribution is 2.23. The van der Waals surface area contributed by atoms with Crippen LogP contribution < -0.4 is 4.90 Å². The van der Waals surface area contributed by atoms with Gasteiger partial charge in [0.2, 0.25) is 0 Å². The van der Waals surface area contributed by atoms with Crippen molar-refractivity contribution in [3.05, 3.63) is 30.3 Å². The molecule has 0 aromatic heterocycles. The fourth-order valence-electron chi connectivity index (χ4n) is 1.84. The Balaban J connectivity index is 2.81. The number of carbonyl (C=O) groups is 1. The monoisotopic (exact) mass is 235 g/mol. The van der Waals surface area contributed by atoms with Crippen LogP contribution in [-0.2, 0) is 9.53 Å². The van der Waals surface area contributed by atoms with Crippen LogP contribution in [0.4, 0.5) is 5.69 Å². The molecule has 1 aromatic carbocycles. The minimum Gasteiger partial charge on any atom is -0.469 e. The Morgan fingerprint density at radius 1 is 1.29 bits per heavy atom. The molecule has 3 nitrogen and oxygen atoms in total. The van der Waals surface area contributed by atoms with E-state index in [-0.39, 0.29) is 5.97 Å².